The van der Waals surface area contributed by atoms with Gasteiger partial charge in [0.2, 0.25) is 0 Å². The Balaban J connectivity index is 1.79. The number of ether oxygens (including phenoxy) is 1. The van der Waals surface area contributed by atoms with Crippen LogP contribution in [0.2, 0.25) is 0 Å². The molecule has 0 saturated heterocycles. The highest BCUT2D eigenvalue weighted by Crippen LogP contribution is 2.21. The molecule has 0 atom stereocenters. The Bertz CT molecular complexity index is 476. The summed E-state index contributed by atoms with van der Waals surface area (Å²) < 4.78 is 8.96. The normalized spacial score (nSPS) is 15.8. The van der Waals surface area contributed by atoms with Crippen molar-refractivity contribution in [1.29, 1.82) is 0 Å². The lowest BCUT2D eigenvalue weighted by molar-refractivity contribution is -0.125. The predicted octanol–water partition coefficient (Wildman–Crippen LogP) is 1.64. The average Bonchev–Trinajstić information content (AvgIpc) is 2.77. The fourth-order valence-corrected chi connectivity index (χ4v) is 3.00. The highest BCUT2D eigenvalue weighted by atomic mass is 32.1. The fourth-order valence-electron chi connectivity index (χ4n) is 2.36. The molecule has 1 aromatic heterocycles. The molecule has 2 rings (SSSR count). The molecule has 1 fully saturated rings. The van der Waals surface area contributed by atoms with Gasteiger partial charge in [-0.1, -0.05) is 19.3 Å². The van der Waals surface area contributed by atoms with Crippen molar-refractivity contribution >= 4 is 28.4 Å². The van der Waals surface area contributed by atoms with Crippen LogP contribution >= 0.6 is 11.5 Å². The van der Waals surface area contributed by atoms with Crippen LogP contribution in [0, 0.1) is 6.92 Å². The van der Waals surface area contributed by atoms with E-state index in [1.165, 1.54) is 6.42 Å². The average molecular weight is 297 g/mol. The summed E-state index contributed by atoms with van der Waals surface area (Å²) in [4.78, 5) is 23.6. The second-order valence-electron chi connectivity index (χ2n) is 4.99. The van der Waals surface area contributed by atoms with E-state index in [1.807, 2.05) is 0 Å². The van der Waals surface area contributed by atoms with Gasteiger partial charge in [0, 0.05) is 6.04 Å². The van der Waals surface area contributed by atoms with Crippen LogP contribution in [-0.2, 0) is 9.53 Å². The highest BCUT2D eigenvalue weighted by Gasteiger charge is 2.20. The third-order valence-electron chi connectivity index (χ3n) is 3.40. The monoisotopic (exact) mass is 297 g/mol. The number of rotatable bonds is 4. The summed E-state index contributed by atoms with van der Waals surface area (Å²) in [6, 6.07) is 0.213. The molecule has 1 aromatic rings. The molecule has 1 saturated carbocycles. The van der Waals surface area contributed by atoms with E-state index in [0.29, 0.717) is 10.7 Å². The summed E-state index contributed by atoms with van der Waals surface area (Å²) in [5.41, 5.74) is 6.45. The van der Waals surface area contributed by atoms with Crippen LogP contribution in [0.3, 0.4) is 0 Å². The van der Waals surface area contributed by atoms with Gasteiger partial charge in [0.25, 0.3) is 5.91 Å². The lowest BCUT2D eigenvalue weighted by Crippen LogP contribution is -2.38. The van der Waals surface area contributed by atoms with Gasteiger partial charge < -0.3 is 15.8 Å². The summed E-state index contributed by atoms with van der Waals surface area (Å²) >= 11 is 1.05. The van der Waals surface area contributed by atoms with Gasteiger partial charge in [-0.15, -0.1) is 0 Å². The zero-order valence-corrected chi connectivity index (χ0v) is 12.3. The summed E-state index contributed by atoms with van der Waals surface area (Å²) in [6.07, 6.45) is 5.51. The van der Waals surface area contributed by atoms with Crippen molar-refractivity contribution in [3.63, 3.8) is 0 Å². The molecule has 110 valence electrons. The van der Waals surface area contributed by atoms with E-state index >= 15 is 0 Å². The van der Waals surface area contributed by atoms with E-state index in [1.54, 1.807) is 6.92 Å². The molecular weight excluding hydrogens is 278 g/mol. The summed E-state index contributed by atoms with van der Waals surface area (Å²) in [5.74, 6) is -0.850. The van der Waals surface area contributed by atoms with E-state index in [4.69, 9.17) is 10.5 Å². The van der Waals surface area contributed by atoms with Crippen LogP contribution in [0.4, 0.5) is 5.00 Å². The Kier molecular flexibility index (Phi) is 4.94. The minimum atomic E-state index is -0.590. The van der Waals surface area contributed by atoms with Crippen molar-refractivity contribution in [3.8, 4) is 0 Å². The Morgan fingerprint density at radius 3 is 2.70 bits per heavy atom. The highest BCUT2D eigenvalue weighted by molar-refractivity contribution is 7.10. The second-order valence-corrected chi connectivity index (χ2v) is 5.79. The third-order valence-corrected chi connectivity index (χ3v) is 4.16. The van der Waals surface area contributed by atoms with Crippen LogP contribution in [0.5, 0.6) is 0 Å². The van der Waals surface area contributed by atoms with Gasteiger partial charge in [0.1, 0.15) is 10.6 Å². The zero-order valence-electron chi connectivity index (χ0n) is 11.5. The first-order valence-electron chi connectivity index (χ1n) is 6.76. The van der Waals surface area contributed by atoms with Crippen LogP contribution in [0.15, 0.2) is 0 Å². The zero-order chi connectivity index (χ0) is 14.5. The molecule has 0 aromatic carbocycles. The van der Waals surface area contributed by atoms with Crippen molar-refractivity contribution in [2.45, 2.75) is 45.1 Å². The van der Waals surface area contributed by atoms with E-state index < -0.39 is 5.97 Å². The first kappa shape index (κ1) is 14.8. The van der Waals surface area contributed by atoms with Gasteiger partial charge in [-0.05, 0) is 31.3 Å². The minimum Gasteiger partial charge on any atom is -0.452 e. The number of anilines is 1. The summed E-state index contributed by atoms with van der Waals surface area (Å²) in [6.45, 7) is 1.41. The largest absolute Gasteiger partial charge is 0.452 e. The van der Waals surface area contributed by atoms with Crippen LogP contribution in [0.1, 0.15) is 48.2 Å². The van der Waals surface area contributed by atoms with Gasteiger partial charge in [-0.2, -0.15) is 4.37 Å². The number of esters is 1. The molecule has 0 bridgehead atoms. The Hall–Kier alpha value is -1.63. The Morgan fingerprint density at radius 2 is 2.10 bits per heavy atom. The van der Waals surface area contributed by atoms with Gasteiger partial charge in [-0.3, -0.25) is 4.79 Å². The molecule has 1 aliphatic rings. The molecule has 20 heavy (non-hydrogen) atoms. The maximum absolute atomic E-state index is 11.8. The molecular formula is C13H19N3O3S. The number of hydrogen-bond acceptors (Lipinski definition) is 6. The SMILES string of the molecule is Cc1nsc(N)c1C(=O)OCC(=O)NC1CCCCC1. The molecule has 1 heterocycles. The van der Waals surface area contributed by atoms with Gasteiger partial charge in [0.15, 0.2) is 6.61 Å². The van der Waals surface area contributed by atoms with Crippen molar-refractivity contribution in [1.82, 2.24) is 9.69 Å². The van der Waals surface area contributed by atoms with Gasteiger partial charge >= 0.3 is 5.97 Å². The molecule has 1 amide bonds. The quantitative estimate of drug-likeness (QED) is 0.824. The van der Waals surface area contributed by atoms with Gasteiger partial charge in [-0.25, -0.2) is 4.79 Å². The molecule has 0 spiro atoms. The third kappa shape index (κ3) is 3.69. The molecule has 0 unspecified atom stereocenters. The van der Waals surface area contributed by atoms with Crippen LogP contribution in [0.25, 0.3) is 0 Å². The Labute approximate surface area is 121 Å². The number of aromatic nitrogens is 1. The van der Waals surface area contributed by atoms with E-state index in [0.717, 1.165) is 37.2 Å². The smallest absolute Gasteiger partial charge is 0.343 e. The van der Waals surface area contributed by atoms with Crippen molar-refractivity contribution in [2.75, 3.05) is 12.3 Å². The lowest BCUT2D eigenvalue weighted by atomic mass is 9.95. The fraction of sp³-hybridized carbons (Fsp3) is 0.615. The first-order valence-corrected chi connectivity index (χ1v) is 7.53. The number of aryl methyl sites for hydroxylation is 1. The van der Waals surface area contributed by atoms with Crippen LogP contribution < -0.4 is 11.1 Å². The standard InChI is InChI=1S/C13H19N3O3S/c1-8-11(12(14)20-16-8)13(18)19-7-10(17)15-9-5-3-2-4-6-9/h9H,2-7,14H2,1H3,(H,15,17). The molecule has 1 aliphatic carbocycles. The maximum atomic E-state index is 11.8. The number of nitrogens with two attached hydrogens (primary N) is 1. The van der Waals surface area contributed by atoms with Crippen molar-refractivity contribution in [3.05, 3.63) is 11.3 Å². The lowest BCUT2D eigenvalue weighted by Gasteiger charge is -2.22. The first-order chi connectivity index (χ1) is 9.58. The Morgan fingerprint density at radius 1 is 1.40 bits per heavy atom. The minimum absolute atomic E-state index is 0.213. The number of amides is 1. The maximum Gasteiger partial charge on any atom is 0.343 e. The number of nitrogens with zero attached hydrogens (tertiary/aromatic N) is 1. The van der Waals surface area contributed by atoms with Crippen LogP contribution in [-0.4, -0.2) is 28.9 Å². The molecule has 0 radical (unpaired) electrons. The number of hydrogen-bond donors (Lipinski definition) is 2. The summed E-state index contributed by atoms with van der Waals surface area (Å²) in [5, 5.41) is 3.21. The van der Waals surface area contributed by atoms with Gasteiger partial charge in [0.05, 0.1) is 5.69 Å². The molecule has 0 aliphatic heterocycles. The molecule has 3 N–H and O–H groups in total. The topological polar surface area (TPSA) is 94.3 Å². The summed E-state index contributed by atoms with van der Waals surface area (Å²) in [7, 11) is 0. The van der Waals surface area contributed by atoms with E-state index in [-0.39, 0.29) is 24.1 Å². The van der Waals surface area contributed by atoms with E-state index in [2.05, 4.69) is 9.69 Å². The molecule has 6 nitrogen and oxygen atoms in total. The number of nitrogens with one attached hydrogen (secondary N) is 1. The second kappa shape index (κ2) is 6.69. The number of carbonyl (C=O) groups excluding carboxylic acids is 2. The van der Waals surface area contributed by atoms with Crippen molar-refractivity contribution in [2.24, 2.45) is 0 Å². The predicted molar refractivity (Wildman–Crippen MR) is 76.6 cm³/mol. The molecule has 7 heteroatoms. The van der Waals surface area contributed by atoms with E-state index in [9.17, 15) is 9.59 Å². The number of carbonyl (C=O) groups is 2. The van der Waals surface area contributed by atoms with Crippen molar-refractivity contribution < 1.29 is 14.3 Å². The number of nitrogen functional groups attached to an aromatic ring is 1.